The number of hydrogen-bond acceptors (Lipinski definition) is 6. The number of unbranched alkanes of at least 4 members (excludes halogenated alkanes) is 1. The van der Waals surface area contributed by atoms with Crippen LogP contribution in [0.5, 0.6) is 5.75 Å². The van der Waals surface area contributed by atoms with Crippen molar-refractivity contribution in [3.05, 3.63) is 71.4 Å². The van der Waals surface area contributed by atoms with Crippen LogP contribution in [0.3, 0.4) is 0 Å². The summed E-state index contributed by atoms with van der Waals surface area (Å²) in [6, 6.07) is 15.6. The Balaban J connectivity index is 1.27. The molecule has 30 heavy (non-hydrogen) atoms. The van der Waals surface area contributed by atoms with Gasteiger partial charge in [-0.1, -0.05) is 18.2 Å². The molecule has 0 radical (unpaired) electrons. The summed E-state index contributed by atoms with van der Waals surface area (Å²) in [6.07, 6.45) is 1.08. The van der Waals surface area contributed by atoms with Gasteiger partial charge >= 0.3 is 5.97 Å². The van der Waals surface area contributed by atoms with Gasteiger partial charge in [0.05, 0.1) is 30.4 Å². The number of carbonyl (C=O) groups excluding carboxylic acids is 3. The second-order valence-electron chi connectivity index (χ2n) is 6.91. The van der Waals surface area contributed by atoms with Gasteiger partial charge in [-0.05, 0) is 49.2 Å². The molecule has 0 atom stereocenters. The smallest absolute Gasteiger partial charge is 0.356 e. The van der Waals surface area contributed by atoms with Crippen LogP contribution in [0.15, 0.2) is 54.6 Å². The van der Waals surface area contributed by atoms with E-state index in [1.807, 2.05) is 6.07 Å². The first-order valence-electron chi connectivity index (χ1n) is 9.65. The molecule has 7 heteroatoms. The normalized spacial score (nSPS) is 12.9. The van der Waals surface area contributed by atoms with E-state index >= 15 is 0 Å². The molecule has 0 saturated carbocycles. The minimum Gasteiger partial charge on any atom is -0.497 e. The standard InChI is InChI=1S/C23H20N2O5/c1-29-16-9-11-19-15(14-16)8-10-20(24-19)23(28)30-13-5-4-12-25-21(26)17-6-2-3-7-18(17)22(25)27/h2-3,6-11,14H,4-5,12-13H2,1H3. The molecule has 0 saturated heterocycles. The van der Waals surface area contributed by atoms with Crippen molar-refractivity contribution in [2.75, 3.05) is 20.3 Å². The Labute approximate surface area is 173 Å². The van der Waals surface area contributed by atoms with Gasteiger partial charge < -0.3 is 9.47 Å². The highest BCUT2D eigenvalue weighted by atomic mass is 16.5. The third-order valence-corrected chi connectivity index (χ3v) is 4.99. The van der Waals surface area contributed by atoms with Gasteiger partial charge in [-0.3, -0.25) is 14.5 Å². The lowest BCUT2D eigenvalue weighted by Crippen LogP contribution is -2.30. The Hall–Kier alpha value is -3.74. The lowest BCUT2D eigenvalue weighted by Gasteiger charge is -2.13. The number of imide groups is 1. The van der Waals surface area contributed by atoms with Crippen molar-refractivity contribution in [2.24, 2.45) is 0 Å². The molecular weight excluding hydrogens is 384 g/mol. The Morgan fingerprint density at radius 3 is 2.40 bits per heavy atom. The molecule has 7 nitrogen and oxygen atoms in total. The van der Waals surface area contributed by atoms with Crippen molar-refractivity contribution in [1.82, 2.24) is 9.88 Å². The molecule has 1 aromatic heterocycles. The van der Waals surface area contributed by atoms with E-state index in [9.17, 15) is 14.4 Å². The first-order chi connectivity index (χ1) is 14.6. The van der Waals surface area contributed by atoms with Gasteiger partial charge in [0.15, 0.2) is 0 Å². The van der Waals surface area contributed by atoms with Gasteiger partial charge in [0, 0.05) is 11.9 Å². The van der Waals surface area contributed by atoms with Crippen LogP contribution in [-0.2, 0) is 4.74 Å². The fourth-order valence-corrected chi connectivity index (χ4v) is 3.40. The van der Waals surface area contributed by atoms with E-state index in [1.165, 1.54) is 4.90 Å². The predicted molar refractivity (Wildman–Crippen MR) is 110 cm³/mol. The maximum absolute atomic E-state index is 12.3. The highest BCUT2D eigenvalue weighted by Crippen LogP contribution is 2.23. The van der Waals surface area contributed by atoms with Crippen molar-refractivity contribution < 1.29 is 23.9 Å². The Morgan fingerprint density at radius 1 is 0.967 bits per heavy atom. The first-order valence-corrected chi connectivity index (χ1v) is 9.65. The number of amides is 2. The van der Waals surface area contributed by atoms with Crippen LogP contribution < -0.4 is 4.74 Å². The summed E-state index contributed by atoms with van der Waals surface area (Å²) in [4.78, 5) is 42.5. The first kappa shape index (κ1) is 19.6. The molecular formula is C23H20N2O5. The molecule has 1 aliphatic rings. The summed E-state index contributed by atoms with van der Waals surface area (Å²) >= 11 is 0. The zero-order chi connectivity index (χ0) is 21.1. The second-order valence-corrected chi connectivity index (χ2v) is 6.91. The van der Waals surface area contributed by atoms with Gasteiger partial charge in [0.2, 0.25) is 0 Å². The predicted octanol–water partition coefficient (Wildman–Crippen LogP) is 3.48. The van der Waals surface area contributed by atoms with Crippen LogP contribution in [0.25, 0.3) is 10.9 Å². The molecule has 1 aliphatic heterocycles. The molecule has 0 aliphatic carbocycles. The van der Waals surface area contributed by atoms with Crippen LogP contribution >= 0.6 is 0 Å². The molecule has 0 fully saturated rings. The van der Waals surface area contributed by atoms with E-state index in [2.05, 4.69) is 4.98 Å². The maximum atomic E-state index is 12.3. The van der Waals surface area contributed by atoms with E-state index in [0.29, 0.717) is 36.0 Å². The number of rotatable bonds is 7. The van der Waals surface area contributed by atoms with E-state index in [1.54, 1.807) is 55.6 Å². The summed E-state index contributed by atoms with van der Waals surface area (Å²) in [5.41, 5.74) is 1.78. The molecule has 4 rings (SSSR count). The zero-order valence-corrected chi connectivity index (χ0v) is 16.5. The van der Waals surface area contributed by atoms with Crippen molar-refractivity contribution >= 4 is 28.7 Å². The third-order valence-electron chi connectivity index (χ3n) is 4.99. The Kier molecular flexibility index (Phi) is 5.43. The number of hydrogen-bond donors (Lipinski definition) is 0. The number of methoxy groups -OCH3 is 1. The monoisotopic (exact) mass is 404 g/mol. The van der Waals surface area contributed by atoms with Crippen LogP contribution in [0.4, 0.5) is 0 Å². The quantitative estimate of drug-likeness (QED) is 0.340. The van der Waals surface area contributed by atoms with Gasteiger partial charge in [0.25, 0.3) is 11.8 Å². The highest BCUT2D eigenvalue weighted by molar-refractivity contribution is 6.21. The maximum Gasteiger partial charge on any atom is 0.356 e. The lowest BCUT2D eigenvalue weighted by atomic mass is 10.1. The minimum absolute atomic E-state index is 0.185. The van der Waals surface area contributed by atoms with Gasteiger partial charge in [-0.15, -0.1) is 0 Å². The molecule has 0 unspecified atom stereocenters. The number of ether oxygens (including phenoxy) is 2. The number of nitrogens with zero attached hydrogens (tertiary/aromatic N) is 2. The number of esters is 1. The topological polar surface area (TPSA) is 85.8 Å². The summed E-state index contributed by atoms with van der Waals surface area (Å²) < 4.78 is 10.5. The van der Waals surface area contributed by atoms with Gasteiger partial charge in [-0.25, -0.2) is 9.78 Å². The molecule has 3 aromatic rings. The number of benzene rings is 2. The summed E-state index contributed by atoms with van der Waals surface area (Å²) in [5.74, 6) is -0.333. The molecule has 0 spiro atoms. The molecule has 2 amide bonds. The van der Waals surface area contributed by atoms with Crippen LogP contribution in [0.2, 0.25) is 0 Å². The number of fused-ring (bicyclic) bond motifs is 2. The fourth-order valence-electron chi connectivity index (χ4n) is 3.40. The molecule has 2 heterocycles. The van der Waals surface area contributed by atoms with Crippen LogP contribution in [0.1, 0.15) is 44.0 Å². The van der Waals surface area contributed by atoms with Crippen molar-refractivity contribution in [3.63, 3.8) is 0 Å². The number of carbonyl (C=O) groups is 3. The second kappa shape index (κ2) is 8.32. The van der Waals surface area contributed by atoms with Crippen molar-refractivity contribution in [3.8, 4) is 5.75 Å². The zero-order valence-electron chi connectivity index (χ0n) is 16.5. The molecule has 152 valence electrons. The number of pyridine rings is 1. The van der Waals surface area contributed by atoms with Crippen molar-refractivity contribution in [2.45, 2.75) is 12.8 Å². The van der Waals surface area contributed by atoms with Gasteiger partial charge in [-0.2, -0.15) is 0 Å². The van der Waals surface area contributed by atoms with E-state index in [-0.39, 0.29) is 24.1 Å². The average molecular weight is 404 g/mol. The molecule has 0 N–H and O–H groups in total. The SMILES string of the molecule is COc1ccc2nc(C(=O)OCCCCN3C(=O)c4ccccc4C3=O)ccc2c1. The highest BCUT2D eigenvalue weighted by Gasteiger charge is 2.34. The number of aromatic nitrogens is 1. The summed E-state index contributed by atoms with van der Waals surface area (Å²) in [5, 5.41) is 0.867. The van der Waals surface area contributed by atoms with E-state index in [4.69, 9.17) is 9.47 Å². The Bertz CT molecular complexity index is 1110. The Morgan fingerprint density at radius 2 is 1.70 bits per heavy atom. The largest absolute Gasteiger partial charge is 0.497 e. The molecule has 2 aromatic carbocycles. The summed E-state index contributed by atoms with van der Waals surface area (Å²) in [6.45, 7) is 0.476. The van der Waals surface area contributed by atoms with Gasteiger partial charge in [0.1, 0.15) is 11.4 Å². The minimum atomic E-state index is -0.506. The average Bonchev–Trinajstić information content (AvgIpc) is 3.02. The fraction of sp³-hybridized carbons (Fsp3) is 0.217. The van der Waals surface area contributed by atoms with Crippen LogP contribution in [0, 0.1) is 0 Å². The van der Waals surface area contributed by atoms with E-state index < -0.39 is 5.97 Å². The van der Waals surface area contributed by atoms with Crippen molar-refractivity contribution in [1.29, 1.82) is 0 Å². The lowest BCUT2D eigenvalue weighted by molar-refractivity contribution is 0.0479. The summed E-state index contributed by atoms with van der Waals surface area (Å²) in [7, 11) is 1.59. The third kappa shape index (κ3) is 3.74. The van der Waals surface area contributed by atoms with Crippen LogP contribution in [-0.4, -0.2) is 47.9 Å². The van der Waals surface area contributed by atoms with E-state index in [0.717, 1.165) is 11.1 Å². The molecule has 0 bridgehead atoms.